The van der Waals surface area contributed by atoms with Crippen LogP contribution >= 0.6 is 0 Å². The second kappa shape index (κ2) is 6.77. The fourth-order valence-corrected chi connectivity index (χ4v) is 2.56. The first-order valence-corrected chi connectivity index (χ1v) is 7.20. The quantitative estimate of drug-likeness (QED) is 0.925. The van der Waals surface area contributed by atoms with Gasteiger partial charge in [-0.3, -0.25) is 4.90 Å². The number of alkyl halides is 3. The summed E-state index contributed by atoms with van der Waals surface area (Å²) in [6.07, 6.45) is -5.26. The van der Waals surface area contributed by atoms with E-state index in [2.05, 4.69) is 16.7 Å². The molecule has 1 heterocycles. The third-order valence-electron chi connectivity index (χ3n) is 3.94. The molecule has 0 amide bonds. The van der Waals surface area contributed by atoms with Gasteiger partial charge < -0.3 is 10.0 Å². The normalized spacial score (nSPS) is 19.7. The van der Waals surface area contributed by atoms with E-state index in [1.54, 1.807) is 6.07 Å². The first kappa shape index (κ1) is 16.3. The molecule has 0 radical (unpaired) electrons. The largest absolute Gasteiger partial charge is 0.416 e. The zero-order valence-corrected chi connectivity index (χ0v) is 12.1. The maximum Gasteiger partial charge on any atom is 0.416 e. The first-order valence-electron chi connectivity index (χ1n) is 7.20. The molecule has 1 N–H and O–H groups in total. The van der Waals surface area contributed by atoms with Crippen LogP contribution in [0.25, 0.3) is 0 Å². The zero-order valence-electron chi connectivity index (χ0n) is 12.1. The lowest BCUT2D eigenvalue weighted by Gasteiger charge is -2.35. The van der Waals surface area contributed by atoms with Crippen molar-refractivity contribution >= 4 is 0 Å². The number of piperazine rings is 1. The van der Waals surface area contributed by atoms with Crippen molar-refractivity contribution in [2.45, 2.75) is 19.2 Å². The molecule has 0 aromatic heterocycles. The highest BCUT2D eigenvalue weighted by atomic mass is 19.4. The molecular weight excluding hydrogens is 281 g/mol. The smallest absolute Gasteiger partial charge is 0.387 e. The molecule has 0 bridgehead atoms. The van der Waals surface area contributed by atoms with E-state index in [0.29, 0.717) is 12.1 Å². The van der Waals surface area contributed by atoms with Gasteiger partial charge in [0.25, 0.3) is 0 Å². The van der Waals surface area contributed by atoms with E-state index < -0.39 is 17.8 Å². The fraction of sp³-hybridized carbons (Fsp3) is 0.600. The number of hydrogen-bond donors (Lipinski definition) is 1. The van der Waals surface area contributed by atoms with Crippen LogP contribution in [0.15, 0.2) is 24.3 Å². The number of benzene rings is 1. The summed E-state index contributed by atoms with van der Waals surface area (Å²) >= 11 is 0. The summed E-state index contributed by atoms with van der Waals surface area (Å²) < 4.78 is 38.0. The van der Waals surface area contributed by atoms with Crippen molar-refractivity contribution in [3.63, 3.8) is 0 Å². The minimum atomic E-state index is -4.37. The second-order valence-electron chi connectivity index (χ2n) is 5.37. The highest BCUT2D eigenvalue weighted by Crippen LogP contribution is 2.30. The molecule has 6 heteroatoms. The summed E-state index contributed by atoms with van der Waals surface area (Å²) in [6, 6.07) is 4.95. The van der Waals surface area contributed by atoms with Gasteiger partial charge in [0.2, 0.25) is 0 Å². The predicted octanol–water partition coefficient (Wildman–Crippen LogP) is 2.38. The van der Waals surface area contributed by atoms with E-state index in [1.165, 1.54) is 6.07 Å². The topological polar surface area (TPSA) is 26.7 Å². The molecule has 1 aliphatic rings. The molecule has 21 heavy (non-hydrogen) atoms. The van der Waals surface area contributed by atoms with Crippen molar-refractivity contribution in [3.05, 3.63) is 35.4 Å². The van der Waals surface area contributed by atoms with Crippen molar-refractivity contribution in [1.29, 1.82) is 0 Å². The van der Waals surface area contributed by atoms with E-state index >= 15 is 0 Å². The summed E-state index contributed by atoms with van der Waals surface area (Å²) in [5.74, 6) is 0. The highest BCUT2D eigenvalue weighted by molar-refractivity contribution is 5.27. The van der Waals surface area contributed by atoms with Crippen molar-refractivity contribution in [1.82, 2.24) is 9.80 Å². The third kappa shape index (κ3) is 4.43. The molecule has 118 valence electrons. The Labute approximate surface area is 123 Å². The van der Waals surface area contributed by atoms with Crippen LogP contribution in [0, 0.1) is 0 Å². The Bertz CT molecular complexity index is 456. The lowest BCUT2D eigenvalue weighted by molar-refractivity contribution is -0.137. The number of likely N-dealkylation sites (N-methyl/N-ethyl adjacent to an activating group) is 1. The van der Waals surface area contributed by atoms with Crippen LogP contribution in [0.2, 0.25) is 0 Å². The maximum absolute atomic E-state index is 12.7. The lowest BCUT2D eigenvalue weighted by atomic mass is 10.0. The third-order valence-corrected chi connectivity index (χ3v) is 3.94. The van der Waals surface area contributed by atoms with Crippen molar-refractivity contribution < 1.29 is 18.3 Å². The highest BCUT2D eigenvalue weighted by Gasteiger charge is 2.31. The van der Waals surface area contributed by atoms with Crippen LogP contribution in [0.1, 0.15) is 24.2 Å². The Balaban J connectivity index is 1.96. The molecule has 2 rings (SSSR count). The van der Waals surface area contributed by atoms with E-state index in [4.69, 9.17) is 0 Å². The predicted molar refractivity (Wildman–Crippen MR) is 75.0 cm³/mol. The van der Waals surface area contributed by atoms with Crippen molar-refractivity contribution in [2.75, 3.05) is 39.3 Å². The van der Waals surface area contributed by atoms with Gasteiger partial charge >= 0.3 is 6.18 Å². The molecule has 1 aliphatic heterocycles. The standard InChI is InChI=1S/C15H21F3N2O/c1-2-19-6-8-20(9-7-19)11-14(21)12-4-3-5-13(10-12)15(16,17)18/h3-5,10,14,21H,2,6-9,11H2,1H3. The van der Waals surface area contributed by atoms with Crippen LogP contribution in [0.3, 0.4) is 0 Å². The van der Waals surface area contributed by atoms with Gasteiger partial charge in [-0.15, -0.1) is 0 Å². The second-order valence-corrected chi connectivity index (χ2v) is 5.37. The van der Waals surface area contributed by atoms with Gasteiger partial charge in [-0.25, -0.2) is 0 Å². The molecule has 1 fully saturated rings. The molecule has 1 aromatic rings. The van der Waals surface area contributed by atoms with Crippen molar-refractivity contribution in [3.8, 4) is 0 Å². The Hall–Kier alpha value is -1.11. The van der Waals surface area contributed by atoms with Gasteiger partial charge in [0.1, 0.15) is 0 Å². The number of halogens is 3. The van der Waals surface area contributed by atoms with Crippen LogP contribution in [-0.4, -0.2) is 54.2 Å². The van der Waals surface area contributed by atoms with Crippen LogP contribution in [-0.2, 0) is 6.18 Å². The molecule has 1 saturated heterocycles. The van der Waals surface area contributed by atoms with E-state index in [-0.39, 0.29) is 0 Å². The van der Waals surface area contributed by atoms with Gasteiger partial charge in [0, 0.05) is 32.7 Å². The fourth-order valence-electron chi connectivity index (χ4n) is 2.56. The Morgan fingerprint density at radius 1 is 1.14 bits per heavy atom. The van der Waals surface area contributed by atoms with E-state index in [0.717, 1.165) is 44.9 Å². The monoisotopic (exact) mass is 302 g/mol. The maximum atomic E-state index is 12.7. The first-order chi connectivity index (χ1) is 9.90. The summed E-state index contributed by atoms with van der Waals surface area (Å²) in [5, 5.41) is 10.2. The number of hydrogen-bond acceptors (Lipinski definition) is 3. The zero-order chi connectivity index (χ0) is 15.5. The average Bonchev–Trinajstić information content (AvgIpc) is 2.47. The van der Waals surface area contributed by atoms with Gasteiger partial charge in [-0.1, -0.05) is 19.1 Å². The van der Waals surface area contributed by atoms with Crippen LogP contribution in [0.5, 0.6) is 0 Å². The summed E-state index contributed by atoms with van der Waals surface area (Å²) in [4.78, 5) is 4.41. The molecule has 1 unspecified atom stereocenters. The molecule has 1 atom stereocenters. The summed E-state index contributed by atoms with van der Waals surface area (Å²) in [6.45, 7) is 7.03. The number of β-amino-alcohol motifs (C(OH)–C–C–N with tert-alkyl or cyclic N) is 1. The average molecular weight is 302 g/mol. The van der Waals surface area contributed by atoms with Crippen molar-refractivity contribution in [2.24, 2.45) is 0 Å². The number of rotatable bonds is 4. The number of aliphatic hydroxyl groups is 1. The minimum Gasteiger partial charge on any atom is -0.387 e. The molecule has 1 aromatic carbocycles. The SMILES string of the molecule is CCN1CCN(CC(O)c2cccc(C(F)(F)F)c2)CC1. The molecule has 0 saturated carbocycles. The minimum absolute atomic E-state index is 0.322. The van der Waals surface area contributed by atoms with Gasteiger partial charge in [0.05, 0.1) is 11.7 Å². The summed E-state index contributed by atoms with van der Waals surface area (Å²) in [5.41, 5.74) is -0.391. The van der Waals surface area contributed by atoms with E-state index in [1.807, 2.05) is 0 Å². The van der Waals surface area contributed by atoms with Crippen LogP contribution in [0.4, 0.5) is 13.2 Å². The molecule has 3 nitrogen and oxygen atoms in total. The number of nitrogens with zero attached hydrogens (tertiary/aromatic N) is 2. The number of aliphatic hydroxyl groups excluding tert-OH is 1. The molecular formula is C15H21F3N2O. The van der Waals surface area contributed by atoms with E-state index in [9.17, 15) is 18.3 Å². The molecule has 0 aliphatic carbocycles. The Kier molecular flexibility index (Phi) is 5.24. The Morgan fingerprint density at radius 2 is 1.76 bits per heavy atom. The Morgan fingerprint density at radius 3 is 2.33 bits per heavy atom. The van der Waals surface area contributed by atoms with Gasteiger partial charge in [0.15, 0.2) is 0 Å². The van der Waals surface area contributed by atoms with Crippen LogP contribution < -0.4 is 0 Å². The molecule has 0 spiro atoms. The van der Waals surface area contributed by atoms with Gasteiger partial charge in [-0.05, 0) is 24.2 Å². The van der Waals surface area contributed by atoms with Gasteiger partial charge in [-0.2, -0.15) is 13.2 Å². The lowest BCUT2D eigenvalue weighted by Crippen LogP contribution is -2.47. The summed E-state index contributed by atoms with van der Waals surface area (Å²) in [7, 11) is 0.